The van der Waals surface area contributed by atoms with Crippen LogP contribution in [0.25, 0.3) is 0 Å². The van der Waals surface area contributed by atoms with Crippen molar-refractivity contribution in [3.05, 3.63) is 50.6 Å². The number of hydrogen-bond donors (Lipinski definition) is 2. The first-order valence-electron chi connectivity index (χ1n) is 8.23. The van der Waals surface area contributed by atoms with Gasteiger partial charge in [0.2, 0.25) is 5.91 Å². The van der Waals surface area contributed by atoms with Crippen LogP contribution in [0, 0.1) is 5.92 Å². The standard InChI is InChI=1S/C18H19BrN2O4S/c19-14-3-1-12(2-4-14)9-16(22)20-15-6-8-26-17(15)18(23)21-25-11-13-5-7-24-10-13/h1-4,6,8,13H,5,7,9-11H2,(H,20,22)(H,21,23). The van der Waals surface area contributed by atoms with E-state index in [4.69, 9.17) is 9.57 Å². The summed E-state index contributed by atoms with van der Waals surface area (Å²) in [6.45, 7) is 1.82. The molecule has 2 heterocycles. The molecule has 1 aromatic carbocycles. The third-order valence-corrected chi connectivity index (χ3v) is 5.37. The van der Waals surface area contributed by atoms with Crippen LogP contribution in [0.5, 0.6) is 0 Å². The molecule has 1 atom stereocenters. The van der Waals surface area contributed by atoms with Crippen molar-refractivity contribution in [1.82, 2.24) is 5.48 Å². The highest BCUT2D eigenvalue weighted by Crippen LogP contribution is 2.23. The number of ether oxygens (including phenoxy) is 1. The minimum Gasteiger partial charge on any atom is -0.381 e. The monoisotopic (exact) mass is 438 g/mol. The molecule has 0 bridgehead atoms. The molecule has 0 radical (unpaired) electrons. The second-order valence-corrected chi connectivity index (χ2v) is 7.82. The number of rotatable bonds is 7. The van der Waals surface area contributed by atoms with Crippen LogP contribution in [0.15, 0.2) is 40.2 Å². The average Bonchev–Trinajstić information content (AvgIpc) is 3.29. The number of hydroxylamine groups is 1. The lowest BCUT2D eigenvalue weighted by molar-refractivity contribution is -0.115. The number of benzene rings is 1. The molecule has 138 valence electrons. The molecule has 0 saturated carbocycles. The summed E-state index contributed by atoms with van der Waals surface area (Å²) in [6.07, 6.45) is 1.18. The number of hydrogen-bond acceptors (Lipinski definition) is 5. The van der Waals surface area contributed by atoms with Gasteiger partial charge in [-0.2, -0.15) is 0 Å². The van der Waals surface area contributed by atoms with Crippen LogP contribution in [0.2, 0.25) is 0 Å². The topological polar surface area (TPSA) is 76.7 Å². The van der Waals surface area contributed by atoms with E-state index >= 15 is 0 Å². The van der Waals surface area contributed by atoms with Gasteiger partial charge in [0, 0.05) is 17.0 Å². The van der Waals surface area contributed by atoms with E-state index in [1.54, 1.807) is 11.4 Å². The first-order chi connectivity index (χ1) is 12.6. The fourth-order valence-corrected chi connectivity index (χ4v) is 3.55. The SMILES string of the molecule is O=C(Cc1ccc(Br)cc1)Nc1ccsc1C(=O)NOCC1CCOC1. The van der Waals surface area contributed by atoms with Crippen LogP contribution in [0.3, 0.4) is 0 Å². The zero-order chi connectivity index (χ0) is 18.4. The molecule has 8 heteroatoms. The van der Waals surface area contributed by atoms with Gasteiger partial charge in [-0.1, -0.05) is 28.1 Å². The number of thiophene rings is 1. The first kappa shape index (κ1) is 19.0. The molecule has 26 heavy (non-hydrogen) atoms. The van der Waals surface area contributed by atoms with E-state index in [2.05, 4.69) is 26.7 Å². The van der Waals surface area contributed by atoms with Gasteiger partial charge in [0.05, 0.1) is 25.3 Å². The minimum atomic E-state index is -0.363. The number of nitrogens with one attached hydrogen (secondary N) is 2. The summed E-state index contributed by atoms with van der Waals surface area (Å²) >= 11 is 4.62. The third kappa shape index (κ3) is 5.38. The predicted octanol–water partition coefficient (Wildman–Crippen LogP) is 3.39. The van der Waals surface area contributed by atoms with Crippen LogP contribution in [0.1, 0.15) is 21.7 Å². The maximum absolute atomic E-state index is 12.3. The van der Waals surface area contributed by atoms with Crippen molar-refractivity contribution in [3.63, 3.8) is 0 Å². The molecule has 1 aliphatic rings. The zero-order valence-corrected chi connectivity index (χ0v) is 16.4. The minimum absolute atomic E-state index is 0.177. The van der Waals surface area contributed by atoms with Crippen molar-refractivity contribution in [2.75, 3.05) is 25.1 Å². The zero-order valence-electron chi connectivity index (χ0n) is 14.0. The Balaban J connectivity index is 1.51. The second-order valence-electron chi connectivity index (χ2n) is 5.99. The summed E-state index contributed by atoms with van der Waals surface area (Å²) < 4.78 is 6.23. The van der Waals surface area contributed by atoms with E-state index in [-0.39, 0.29) is 18.2 Å². The first-order valence-corrected chi connectivity index (χ1v) is 9.91. The van der Waals surface area contributed by atoms with Gasteiger partial charge in [0.15, 0.2) is 0 Å². The number of amides is 2. The molecule has 1 aliphatic heterocycles. The van der Waals surface area contributed by atoms with Crippen molar-refractivity contribution in [3.8, 4) is 0 Å². The van der Waals surface area contributed by atoms with E-state index in [1.165, 1.54) is 11.3 Å². The molecule has 3 rings (SSSR count). The number of halogens is 1. The highest BCUT2D eigenvalue weighted by atomic mass is 79.9. The molecule has 1 unspecified atom stereocenters. The summed E-state index contributed by atoms with van der Waals surface area (Å²) in [4.78, 5) is 30.2. The van der Waals surface area contributed by atoms with Crippen LogP contribution >= 0.6 is 27.3 Å². The molecule has 2 N–H and O–H groups in total. The molecular weight excluding hydrogens is 420 g/mol. The van der Waals surface area contributed by atoms with Gasteiger partial charge >= 0.3 is 0 Å². The molecule has 1 fully saturated rings. The quantitative estimate of drug-likeness (QED) is 0.649. The van der Waals surface area contributed by atoms with Crippen molar-refractivity contribution in [1.29, 1.82) is 0 Å². The summed E-state index contributed by atoms with van der Waals surface area (Å²) in [5.41, 5.74) is 3.83. The van der Waals surface area contributed by atoms with E-state index in [0.29, 0.717) is 29.7 Å². The molecule has 2 aromatic rings. The van der Waals surface area contributed by atoms with Gasteiger partial charge in [0.1, 0.15) is 4.88 Å². The van der Waals surface area contributed by atoms with Gasteiger partial charge in [-0.15, -0.1) is 11.3 Å². The van der Waals surface area contributed by atoms with Crippen molar-refractivity contribution in [2.45, 2.75) is 12.8 Å². The highest BCUT2D eigenvalue weighted by Gasteiger charge is 2.18. The van der Waals surface area contributed by atoms with E-state index in [9.17, 15) is 9.59 Å². The van der Waals surface area contributed by atoms with E-state index < -0.39 is 0 Å². The highest BCUT2D eigenvalue weighted by molar-refractivity contribution is 9.10. The number of carbonyl (C=O) groups excluding carboxylic acids is 2. The lowest BCUT2D eigenvalue weighted by Gasteiger charge is -2.10. The average molecular weight is 439 g/mol. The Kier molecular flexibility index (Phi) is 6.79. The molecule has 0 spiro atoms. The van der Waals surface area contributed by atoms with Crippen molar-refractivity contribution >= 4 is 44.8 Å². The summed E-state index contributed by atoms with van der Waals surface area (Å²) in [5, 5.41) is 4.55. The Morgan fingerprint density at radius 1 is 1.27 bits per heavy atom. The molecule has 6 nitrogen and oxygen atoms in total. The maximum atomic E-state index is 12.3. The Hall–Kier alpha value is -1.74. The number of carbonyl (C=O) groups is 2. The Bertz CT molecular complexity index is 757. The van der Waals surface area contributed by atoms with Crippen LogP contribution in [-0.4, -0.2) is 31.6 Å². The normalized spacial score (nSPS) is 16.4. The fraction of sp³-hybridized carbons (Fsp3) is 0.333. The van der Waals surface area contributed by atoms with Crippen LogP contribution in [0.4, 0.5) is 5.69 Å². The van der Waals surface area contributed by atoms with Gasteiger partial charge in [0.25, 0.3) is 5.91 Å². The van der Waals surface area contributed by atoms with Crippen molar-refractivity contribution in [2.24, 2.45) is 5.92 Å². The van der Waals surface area contributed by atoms with Crippen LogP contribution < -0.4 is 10.8 Å². The van der Waals surface area contributed by atoms with Gasteiger partial charge < -0.3 is 10.1 Å². The Labute approximate surface area is 164 Å². The summed E-state index contributed by atoms with van der Waals surface area (Å²) in [7, 11) is 0. The van der Waals surface area contributed by atoms with E-state index in [0.717, 1.165) is 23.1 Å². The lowest BCUT2D eigenvalue weighted by atomic mass is 10.1. The number of anilines is 1. The molecule has 2 amide bonds. The molecule has 1 aromatic heterocycles. The van der Waals surface area contributed by atoms with Crippen LogP contribution in [-0.2, 0) is 20.8 Å². The lowest BCUT2D eigenvalue weighted by Crippen LogP contribution is -2.27. The van der Waals surface area contributed by atoms with E-state index in [1.807, 2.05) is 24.3 Å². The summed E-state index contributed by atoms with van der Waals surface area (Å²) in [5.74, 6) is -0.231. The van der Waals surface area contributed by atoms with Crippen molar-refractivity contribution < 1.29 is 19.2 Å². The van der Waals surface area contributed by atoms with Gasteiger partial charge in [-0.05, 0) is 35.6 Å². The predicted molar refractivity (Wildman–Crippen MR) is 103 cm³/mol. The smallest absolute Gasteiger partial charge is 0.287 e. The third-order valence-electron chi connectivity index (χ3n) is 3.93. The fourth-order valence-electron chi connectivity index (χ4n) is 2.55. The Morgan fingerprint density at radius 3 is 2.81 bits per heavy atom. The van der Waals surface area contributed by atoms with Gasteiger partial charge in [-0.3, -0.25) is 14.4 Å². The molecule has 0 aliphatic carbocycles. The maximum Gasteiger partial charge on any atom is 0.287 e. The van der Waals surface area contributed by atoms with Gasteiger partial charge in [-0.25, -0.2) is 5.48 Å². The largest absolute Gasteiger partial charge is 0.381 e. The Morgan fingerprint density at radius 2 is 2.08 bits per heavy atom. The summed E-state index contributed by atoms with van der Waals surface area (Å²) in [6, 6.07) is 9.25. The second kappa shape index (κ2) is 9.27. The molecular formula is C18H19BrN2O4S. The molecule has 1 saturated heterocycles.